The van der Waals surface area contributed by atoms with Crippen LogP contribution in [0.4, 0.5) is 11.5 Å². The maximum Gasteiger partial charge on any atom is 0.353 e. The van der Waals surface area contributed by atoms with Gasteiger partial charge in [0, 0.05) is 18.8 Å². The number of hydrazone groups is 1. The number of benzene rings is 1. The van der Waals surface area contributed by atoms with Crippen LogP contribution in [-0.4, -0.2) is 40.1 Å². The number of rotatable bonds is 7. The molecule has 0 bridgehead atoms. The van der Waals surface area contributed by atoms with E-state index in [4.69, 9.17) is 0 Å². The number of nitrogens with one attached hydrogen (secondary N) is 2. The number of amides is 1. The van der Waals surface area contributed by atoms with Crippen LogP contribution in [0.25, 0.3) is 0 Å². The molecule has 24 heavy (non-hydrogen) atoms. The van der Waals surface area contributed by atoms with E-state index in [0.29, 0.717) is 0 Å². The normalized spacial score (nSPS) is 10.8. The summed E-state index contributed by atoms with van der Waals surface area (Å²) in [5.74, 6) is -1.22. The number of nitrogens with zero attached hydrogens (tertiary/aromatic N) is 4. The Bertz CT molecular complexity index is 734. The van der Waals surface area contributed by atoms with Gasteiger partial charge in [-0.2, -0.15) is 5.10 Å². The van der Waals surface area contributed by atoms with Gasteiger partial charge in [-0.15, -0.1) is 0 Å². The van der Waals surface area contributed by atoms with Crippen molar-refractivity contribution in [3.05, 3.63) is 52.0 Å². The first-order chi connectivity index (χ1) is 11.6. The quantitative estimate of drug-likeness (QED) is 0.457. The first-order valence-electron chi connectivity index (χ1n) is 7.43. The highest BCUT2D eigenvalue weighted by atomic mass is 16.6. The number of carbonyl (C=O) groups is 1. The van der Waals surface area contributed by atoms with Crippen molar-refractivity contribution < 1.29 is 9.72 Å². The third-order valence-electron chi connectivity index (χ3n) is 3.42. The Kier molecular flexibility index (Phi) is 5.61. The van der Waals surface area contributed by atoms with Gasteiger partial charge in [-0.3, -0.25) is 4.79 Å². The summed E-state index contributed by atoms with van der Waals surface area (Å²) >= 11 is 0. The molecular formula is C15H18N6O3. The minimum atomic E-state index is -0.751. The molecule has 0 spiro atoms. The summed E-state index contributed by atoms with van der Waals surface area (Å²) in [6.45, 7) is 6.01. The molecule has 0 aliphatic rings. The Morgan fingerprint density at radius 1 is 1.38 bits per heavy atom. The van der Waals surface area contributed by atoms with Crippen molar-refractivity contribution in [3.8, 4) is 0 Å². The number of hydrogen-bond acceptors (Lipinski definition) is 6. The van der Waals surface area contributed by atoms with Crippen molar-refractivity contribution in [1.82, 2.24) is 15.4 Å². The first kappa shape index (κ1) is 17.1. The van der Waals surface area contributed by atoms with Gasteiger partial charge in [0.25, 0.3) is 5.91 Å². The molecule has 0 unspecified atom stereocenters. The second-order valence-electron chi connectivity index (χ2n) is 4.82. The average molecular weight is 330 g/mol. The fourth-order valence-corrected chi connectivity index (χ4v) is 2.17. The zero-order chi connectivity index (χ0) is 17.5. The predicted octanol–water partition coefficient (Wildman–Crippen LogP) is 1.93. The third kappa shape index (κ3) is 3.94. The van der Waals surface area contributed by atoms with Gasteiger partial charge in [0.05, 0.1) is 6.21 Å². The van der Waals surface area contributed by atoms with E-state index in [1.807, 2.05) is 24.3 Å². The monoisotopic (exact) mass is 330 g/mol. The zero-order valence-corrected chi connectivity index (χ0v) is 13.4. The van der Waals surface area contributed by atoms with E-state index < -0.39 is 16.6 Å². The predicted molar refractivity (Wildman–Crippen MR) is 90.3 cm³/mol. The maximum absolute atomic E-state index is 11.8. The van der Waals surface area contributed by atoms with E-state index in [1.165, 1.54) is 6.21 Å². The first-order valence-corrected chi connectivity index (χ1v) is 7.43. The van der Waals surface area contributed by atoms with E-state index in [2.05, 4.69) is 39.2 Å². The second-order valence-corrected chi connectivity index (χ2v) is 4.82. The number of aromatic nitrogens is 2. The summed E-state index contributed by atoms with van der Waals surface area (Å²) in [6.07, 6.45) is 2.55. The molecule has 0 saturated heterocycles. The minimum Gasteiger partial charge on any atom is -0.372 e. The topological polar surface area (TPSA) is 117 Å². The number of carbonyl (C=O) groups excluding carboxylic acids is 1. The molecule has 9 nitrogen and oxygen atoms in total. The molecular weight excluding hydrogens is 312 g/mol. The summed E-state index contributed by atoms with van der Waals surface area (Å²) < 4.78 is 0. The van der Waals surface area contributed by atoms with Crippen LogP contribution in [0.15, 0.2) is 35.7 Å². The highest BCUT2D eigenvalue weighted by Crippen LogP contribution is 2.14. The van der Waals surface area contributed by atoms with Crippen LogP contribution >= 0.6 is 0 Å². The van der Waals surface area contributed by atoms with Crippen LogP contribution in [0, 0.1) is 10.1 Å². The molecule has 0 aliphatic heterocycles. The van der Waals surface area contributed by atoms with E-state index in [-0.39, 0.29) is 5.69 Å². The van der Waals surface area contributed by atoms with Gasteiger partial charge in [0.15, 0.2) is 6.33 Å². The number of H-pyrrole nitrogens is 1. The summed E-state index contributed by atoms with van der Waals surface area (Å²) in [7, 11) is 0. The summed E-state index contributed by atoms with van der Waals surface area (Å²) in [5, 5.41) is 14.5. The standard InChI is InChI=1S/C15H18N6O3/c1-3-20(4-2)12-7-5-11(6-8-12)9-18-19-15(22)13-14(21(23)24)17-10-16-13/h5-10H,3-4H2,1-2H3,(H,16,17)(H,19,22). The Morgan fingerprint density at radius 3 is 2.62 bits per heavy atom. The highest BCUT2D eigenvalue weighted by molar-refractivity contribution is 5.96. The van der Waals surface area contributed by atoms with Gasteiger partial charge in [0.2, 0.25) is 5.69 Å². The van der Waals surface area contributed by atoms with Crippen molar-refractivity contribution in [3.63, 3.8) is 0 Å². The summed E-state index contributed by atoms with van der Waals surface area (Å²) in [6, 6.07) is 7.68. The van der Waals surface area contributed by atoms with Crippen molar-refractivity contribution >= 4 is 23.6 Å². The minimum absolute atomic E-state index is 0.311. The molecule has 0 radical (unpaired) electrons. The van der Waals surface area contributed by atoms with Crippen LogP contribution < -0.4 is 10.3 Å². The van der Waals surface area contributed by atoms with Gasteiger partial charge in [-0.05, 0) is 36.5 Å². The Morgan fingerprint density at radius 2 is 2.04 bits per heavy atom. The van der Waals surface area contributed by atoms with E-state index >= 15 is 0 Å². The van der Waals surface area contributed by atoms with E-state index in [0.717, 1.165) is 30.7 Å². The number of aromatic amines is 1. The Hall–Kier alpha value is -3.23. The molecule has 0 atom stereocenters. The molecule has 1 amide bonds. The lowest BCUT2D eigenvalue weighted by molar-refractivity contribution is -0.389. The van der Waals surface area contributed by atoms with Crippen molar-refractivity contribution in [2.24, 2.45) is 5.10 Å². The molecule has 1 heterocycles. The number of hydrogen-bond donors (Lipinski definition) is 2. The lowest BCUT2D eigenvalue weighted by atomic mass is 10.2. The SMILES string of the molecule is CCN(CC)c1ccc(C=NNC(=O)c2nc[nH]c2[N+](=O)[O-])cc1. The zero-order valence-electron chi connectivity index (χ0n) is 13.4. The maximum atomic E-state index is 11.8. The van der Waals surface area contributed by atoms with Crippen LogP contribution in [0.5, 0.6) is 0 Å². The molecule has 2 aromatic rings. The molecule has 0 aliphatic carbocycles. The van der Waals surface area contributed by atoms with E-state index in [9.17, 15) is 14.9 Å². The van der Waals surface area contributed by atoms with Gasteiger partial charge in [-0.25, -0.2) is 15.4 Å². The Balaban J connectivity index is 2.00. The van der Waals surface area contributed by atoms with Crippen molar-refractivity contribution in [1.29, 1.82) is 0 Å². The fourth-order valence-electron chi connectivity index (χ4n) is 2.17. The third-order valence-corrected chi connectivity index (χ3v) is 3.42. The van der Waals surface area contributed by atoms with Gasteiger partial charge < -0.3 is 15.0 Å². The van der Waals surface area contributed by atoms with Crippen molar-refractivity contribution in [2.75, 3.05) is 18.0 Å². The smallest absolute Gasteiger partial charge is 0.353 e. The van der Waals surface area contributed by atoms with Gasteiger partial charge in [0.1, 0.15) is 0 Å². The number of imidazole rings is 1. The van der Waals surface area contributed by atoms with Crippen LogP contribution in [-0.2, 0) is 0 Å². The van der Waals surface area contributed by atoms with Crippen LogP contribution in [0.2, 0.25) is 0 Å². The lowest BCUT2D eigenvalue weighted by Crippen LogP contribution is -2.21. The number of anilines is 1. The summed E-state index contributed by atoms with van der Waals surface area (Å²) in [4.78, 5) is 30.0. The lowest BCUT2D eigenvalue weighted by Gasteiger charge is -2.20. The van der Waals surface area contributed by atoms with E-state index in [1.54, 1.807) is 0 Å². The van der Waals surface area contributed by atoms with Gasteiger partial charge in [-0.1, -0.05) is 12.1 Å². The Labute approximate surface area is 138 Å². The van der Waals surface area contributed by atoms with Crippen LogP contribution in [0.3, 0.4) is 0 Å². The molecule has 0 fully saturated rings. The highest BCUT2D eigenvalue weighted by Gasteiger charge is 2.21. The molecule has 2 N–H and O–H groups in total. The second kappa shape index (κ2) is 7.86. The summed E-state index contributed by atoms with van der Waals surface area (Å²) in [5.41, 5.74) is 3.81. The largest absolute Gasteiger partial charge is 0.372 e. The fraction of sp³-hybridized carbons (Fsp3) is 0.267. The van der Waals surface area contributed by atoms with Gasteiger partial charge >= 0.3 is 5.82 Å². The molecule has 1 aromatic carbocycles. The van der Waals surface area contributed by atoms with Crippen molar-refractivity contribution in [2.45, 2.75) is 13.8 Å². The molecule has 1 aromatic heterocycles. The average Bonchev–Trinajstić information content (AvgIpc) is 3.07. The molecule has 0 saturated carbocycles. The number of nitro groups is 1. The molecule has 9 heteroatoms. The molecule has 126 valence electrons. The van der Waals surface area contributed by atoms with Crippen LogP contribution in [0.1, 0.15) is 29.9 Å². The molecule has 2 rings (SSSR count).